The Morgan fingerprint density at radius 3 is 2.85 bits per heavy atom. The van der Waals surface area contributed by atoms with Crippen LogP contribution in [0.3, 0.4) is 0 Å². The summed E-state index contributed by atoms with van der Waals surface area (Å²) in [5.41, 5.74) is 2.79. The summed E-state index contributed by atoms with van der Waals surface area (Å²) in [5.74, 6) is -0.200. The molecule has 204 valence electrons. The monoisotopic (exact) mass is 534 g/mol. The van der Waals surface area contributed by atoms with E-state index in [0.717, 1.165) is 11.4 Å². The Morgan fingerprint density at radius 1 is 1.15 bits per heavy atom. The van der Waals surface area contributed by atoms with Crippen molar-refractivity contribution in [2.45, 2.75) is 38.6 Å². The molecule has 2 amide bonds. The van der Waals surface area contributed by atoms with E-state index in [-0.39, 0.29) is 30.9 Å². The van der Waals surface area contributed by atoms with Crippen LogP contribution in [0.25, 0.3) is 0 Å². The van der Waals surface area contributed by atoms with Crippen molar-refractivity contribution >= 4 is 11.8 Å². The van der Waals surface area contributed by atoms with E-state index in [1.807, 2.05) is 25.1 Å². The van der Waals surface area contributed by atoms with Gasteiger partial charge in [-0.05, 0) is 61.4 Å². The second-order valence-corrected chi connectivity index (χ2v) is 9.76. The summed E-state index contributed by atoms with van der Waals surface area (Å²) in [4.78, 5) is 32.6. The fourth-order valence-electron chi connectivity index (χ4n) is 4.88. The highest BCUT2D eigenvalue weighted by atomic mass is 19.1. The van der Waals surface area contributed by atoms with Gasteiger partial charge in [0.1, 0.15) is 17.7 Å². The van der Waals surface area contributed by atoms with Gasteiger partial charge in [0.05, 0.1) is 18.8 Å². The number of aryl methyl sites for hydroxylation is 1. The normalized spacial score (nSPS) is 20.1. The van der Waals surface area contributed by atoms with Crippen molar-refractivity contribution in [2.75, 3.05) is 26.8 Å². The average Bonchev–Trinajstić information content (AvgIpc) is 2.91. The molecule has 3 heterocycles. The van der Waals surface area contributed by atoms with E-state index < -0.39 is 17.8 Å². The first-order chi connectivity index (χ1) is 18.9. The molecule has 9 nitrogen and oxygen atoms in total. The second kappa shape index (κ2) is 11.7. The molecule has 2 aliphatic rings. The van der Waals surface area contributed by atoms with Crippen molar-refractivity contribution in [3.8, 4) is 17.2 Å². The Morgan fingerprint density at radius 2 is 2.03 bits per heavy atom. The van der Waals surface area contributed by atoms with Gasteiger partial charge in [0.15, 0.2) is 18.1 Å². The third-order valence-corrected chi connectivity index (χ3v) is 6.77. The number of methoxy groups -OCH3 is 1. The van der Waals surface area contributed by atoms with Crippen LogP contribution >= 0.6 is 0 Å². The lowest BCUT2D eigenvalue weighted by Gasteiger charge is -2.38. The molecule has 4 bridgehead atoms. The van der Waals surface area contributed by atoms with E-state index in [1.54, 1.807) is 24.3 Å². The van der Waals surface area contributed by atoms with Crippen LogP contribution in [-0.2, 0) is 17.9 Å². The Bertz CT molecular complexity index is 1370. The van der Waals surface area contributed by atoms with Crippen LogP contribution in [0, 0.1) is 12.7 Å². The number of nitrogens with zero attached hydrogens (tertiary/aromatic N) is 2. The summed E-state index contributed by atoms with van der Waals surface area (Å²) in [6, 6.07) is 14.7. The Balaban J connectivity index is 1.44. The molecule has 2 atom stereocenters. The quantitative estimate of drug-likeness (QED) is 0.533. The number of ether oxygens (including phenoxy) is 3. The number of carbonyl (C=O) groups excluding carboxylic acids is 2. The molecule has 3 aromatic rings. The van der Waals surface area contributed by atoms with Gasteiger partial charge in [-0.15, -0.1) is 0 Å². The second-order valence-electron chi connectivity index (χ2n) is 9.76. The number of halogens is 1. The van der Waals surface area contributed by atoms with Crippen LogP contribution in [0.5, 0.6) is 17.2 Å². The van der Waals surface area contributed by atoms with E-state index in [4.69, 9.17) is 14.2 Å². The highest BCUT2D eigenvalue weighted by Gasteiger charge is 2.33. The van der Waals surface area contributed by atoms with Crippen molar-refractivity contribution in [3.05, 3.63) is 82.9 Å². The molecule has 0 aliphatic carbocycles. The van der Waals surface area contributed by atoms with Crippen LogP contribution in [0.2, 0.25) is 0 Å². The van der Waals surface area contributed by atoms with Gasteiger partial charge in [0, 0.05) is 43.5 Å². The average molecular weight is 535 g/mol. The van der Waals surface area contributed by atoms with Crippen LogP contribution in [0.4, 0.5) is 4.39 Å². The van der Waals surface area contributed by atoms with E-state index in [2.05, 4.69) is 20.5 Å². The Labute approximate surface area is 226 Å². The standard InChI is InChI=1S/C29H31FN4O5/c1-18-4-3-5-22(32-18)15-34-9-8-25-24(16-34)33-29(36)20-6-7-26(37-2)27(12-20)38-17-28(35)31-14-19-10-21(30)13-23(11-19)39-25/h3-7,10-13,24-25H,8-9,14-17H2,1-2H3,(H,31,35)(H,33,36)/t24-,25+/m0/s1. The number of rotatable bonds is 3. The summed E-state index contributed by atoms with van der Waals surface area (Å²) in [6.45, 7) is 3.62. The fraction of sp³-hybridized carbons (Fsp3) is 0.345. The maximum absolute atomic E-state index is 14.5. The molecular weight excluding hydrogens is 503 g/mol. The fourth-order valence-corrected chi connectivity index (χ4v) is 4.88. The molecule has 0 unspecified atom stereocenters. The number of likely N-dealkylation sites (tertiary alicyclic amines) is 1. The SMILES string of the molecule is COc1ccc2cc1OCC(=O)NCc1cc(F)cc(c1)O[C@@H]1CCN(Cc3cccc(C)n3)C[C@@H]1NC2=O. The minimum atomic E-state index is -0.475. The summed E-state index contributed by atoms with van der Waals surface area (Å²) in [5, 5.41) is 5.83. The third kappa shape index (κ3) is 6.64. The molecule has 1 fully saturated rings. The van der Waals surface area contributed by atoms with Gasteiger partial charge in [0.25, 0.3) is 11.8 Å². The summed E-state index contributed by atoms with van der Waals surface area (Å²) < 4.78 is 31.8. The number of pyridine rings is 1. The van der Waals surface area contributed by atoms with Gasteiger partial charge < -0.3 is 24.8 Å². The number of piperidine rings is 1. The number of carbonyl (C=O) groups is 2. The third-order valence-electron chi connectivity index (χ3n) is 6.77. The first-order valence-corrected chi connectivity index (χ1v) is 12.9. The number of aromatic nitrogens is 1. The van der Waals surface area contributed by atoms with Crippen molar-refractivity contribution in [1.82, 2.24) is 20.5 Å². The largest absolute Gasteiger partial charge is 0.493 e. The molecule has 10 heteroatoms. The van der Waals surface area contributed by atoms with Crippen LogP contribution in [0.15, 0.2) is 54.6 Å². The smallest absolute Gasteiger partial charge is 0.258 e. The highest BCUT2D eigenvalue weighted by Crippen LogP contribution is 2.29. The molecule has 0 radical (unpaired) electrons. The number of hydrogen-bond acceptors (Lipinski definition) is 7. The molecule has 5 rings (SSSR count). The van der Waals surface area contributed by atoms with Crippen molar-refractivity contribution in [1.29, 1.82) is 0 Å². The molecule has 2 N–H and O–H groups in total. The summed E-state index contributed by atoms with van der Waals surface area (Å²) in [6.07, 6.45) is 0.206. The minimum Gasteiger partial charge on any atom is -0.493 e. The van der Waals surface area contributed by atoms with Gasteiger partial charge >= 0.3 is 0 Å². The lowest BCUT2D eigenvalue weighted by Crippen LogP contribution is -2.56. The van der Waals surface area contributed by atoms with Crippen molar-refractivity contribution in [2.24, 2.45) is 0 Å². The van der Waals surface area contributed by atoms with E-state index >= 15 is 0 Å². The predicted octanol–water partition coefficient (Wildman–Crippen LogP) is 3.00. The number of hydrogen-bond donors (Lipinski definition) is 2. The van der Waals surface area contributed by atoms with E-state index in [0.29, 0.717) is 48.7 Å². The van der Waals surface area contributed by atoms with Crippen LogP contribution in [-0.4, -0.2) is 60.7 Å². The van der Waals surface area contributed by atoms with Gasteiger partial charge in [0.2, 0.25) is 0 Å². The first-order valence-electron chi connectivity index (χ1n) is 12.9. The van der Waals surface area contributed by atoms with Gasteiger partial charge in [-0.3, -0.25) is 19.5 Å². The van der Waals surface area contributed by atoms with Gasteiger partial charge in [-0.1, -0.05) is 6.07 Å². The van der Waals surface area contributed by atoms with Crippen LogP contribution in [0.1, 0.15) is 33.7 Å². The summed E-state index contributed by atoms with van der Waals surface area (Å²) in [7, 11) is 1.48. The minimum absolute atomic E-state index is 0.107. The Kier molecular flexibility index (Phi) is 7.92. The molecule has 0 spiro atoms. The zero-order valence-electron chi connectivity index (χ0n) is 21.9. The lowest BCUT2D eigenvalue weighted by molar-refractivity contribution is -0.123. The number of fused-ring (bicyclic) bond motifs is 5. The molecule has 39 heavy (non-hydrogen) atoms. The maximum Gasteiger partial charge on any atom is 0.258 e. The lowest BCUT2D eigenvalue weighted by atomic mass is 10.0. The molecule has 1 saturated heterocycles. The number of nitrogens with one attached hydrogen (secondary N) is 2. The first kappa shape index (κ1) is 26.4. The zero-order chi connectivity index (χ0) is 27.4. The Hall–Kier alpha value is -4.18. The number of amides is 2. The van der Waals surface area contributed by atoms with E-state index in [1.165, 1.54) is 19.2 Å². The van der Waals surface area contributed by atoms with Gasteiger partial charge in [-0.2, -0.15) is 0 Å². The maximum atomic E-state index is 14.5. The van der Waals surface area contributed by atoms with Crippen molar-refractivity contribution in [3.63, 3.8) is 0 Å². The van der Waals surface area contributed by atoms with Crippen molar-refractivity contribution < 1.29 is 28.2 Å². The topological polar surface area (TPSA) is 102 Å². The van der Waals surface area contributed by atoms with E-state index in [9.17, 15) is 14.0 Å². The number of benzene rings is 2. The molecular formula is C29H31FN4O5. The molecule has 1 aromatic heterocycles. The molecule has 2 aromatic carbocycles. The molecule has 0 saturated carbocycles. The zero-order valence-corrected chi connectivity index (χ0v) is 21.9. The summed E-state index contributed by atoms with van der Waals surface area (Å²) >= 11 is 0. The highest BCUT2D eigenvalue weighted by molar-refractivity contribution is 5.95. The molecule has 2 aliphatic heterocycles. The predicted molar refractivity (Wildman–Crippen MR) is 141 cm³/mol. The van der Waals surface area contributed by atoms with Crippen LogP contribution < -0.4 is 24.8 Å². The van der Waals surface area contributed by atoms with Gasteiger partial charge in [-0.25, -0.2) is 4.39 Å².